The maximum Gasteiger partial charge on any atom is 0.410 e. The number of hydrogen-bond donors (Lipinski definition) is 2. The molecule has 1 saturated heterocycles. The monoisotopic (exact) mass is 574 g/mol. The standard InChI is InChI=1S/C31H42N8O3/c1-7-39-19-23(17-33-39)24-8-9-25-27(28(24)41-20-21(2)3)36-29(34-25)35-26-16-22(10-11-32-26)18-37-12-14-38(15-13-37)30(40)42-31(4,5)6/h8-11,16-17,19,21H,7,12-15,18,20H2,1-6H3,(H2,32,34,35,36). The zero-order valence-electron chi connectivity index (χ0n) is 25.5. The average molecular weight is 575 g/mol. The molecule has 0 bridgehead atoms. The van der Waals surface area contributed by atoms with Crippen LogP contribution in [-0.2, 0) is 17.8 Å². The van der Waals surface area contributed by atoms with Crippen molar-refractivity contribution in [3.05, 3.63) is 48.4 Å². The second-order valence-corrected chi connectivity index (χ2v) is 12.1. The molecule has 0 atom stereocenters. The van der Waals surface area contributed by atoms with E-state index in [0.29, 0.717) is 37.4 Å². The smallest absolute Gasteiger partial charge is 0.410 e. The van der Waals surface area contributed by atoms with E-state index in [1.54, 1.807) is 11.1 Å². The number of ether oxygens (including phenoxy) is 2. The first kappa shape index (κ1) is 29.4. The molecule has 1 fully saturated rings. The topological polar surface area (TPSA) is 113 Å². The number of benzene rings is 1. The van der Waals surface area contributed by atoms with E-state index in [9.17, 15) is 4.79 Å². The summed E-state index contributed by atoms with van der Waals surface area (Å²) in [7, 11) is 0. The molecular formula is C31H42N8O3. The number of pyridine rings is 1. The lowest BCUT2D eigenvalue weighted by Gasteiger charge is -2.35. The maximum atomic E-state index is 12.4. The predicted octanol–water partition coefficient (Wildman–Crippen LogP) is 5.67. The largest absolute Gasteiger partial charge is 0.490 e. The number of anilines is 2. The minimum atomic E-state index is -0.488. The zero-order valence-corrected chi connectivity index (χ0v) is 25.5. The summed E-state index contributed by atoms with van der Waals surface area (Å²) in [5, 5.41) is 7.79. The third kappa shape index (κ3) is 7.20. The summed E-state index contributed by atoms with van der Waals surface area (Å²) >= 11 is 0. The van der Waals surface area contributed by atoms with Gasteiger partial charge in [0, 0.05) is 62.8 Å². The molecule has 1 aromatic carbocycles. The SMILES string of the molecule is CCn1cc(-c2ccc3nc(Nc4cc(CN5CCN(C(=O)OC(C)(C)C)CC5)ccn4)[nH]c3c2OCC(C)C)cn1. The molecule has 0 unspecified atom stereocenters. The summed E-state index contributed by atoms with van der Waals surface area (Å²) in [4.78, 5) is 29.2. The molecular weight excluding hydrogens is 532 g/mol. The van der Waals surface area contributed by atoms with E-state index in [0.717, 1.165) is 59.7 Å². The van der Waals surface area contributed by atoms with Gasteiger partial charge in [0.1, 0.15) is 16.9 Å². The Labute approximate surface area is 247 Å². The van der Waals surface area contributed by atoms with Crippen LogP contribution in [0.3, 0.4) is 0 Å². The first-order valence-corrected chi connectivity index (χ1v) is 14.7. The number of imidazole rings is 1. The third-order valence-corrected chi connectivity index (χ3v) is 6.94. The molecule has 0 saturated carbocycles. The van der Waals surface area contributed by atoms with E-state index >= 15 is 0 Å². The molecule has 0 radical (unpaired) electrons. The highest BCUT2D eigenvalue weighted by molar-refractivity contribution is 5.92. The summed E-state index contributed by atoms with van der Waals surface area (Å²) in [5.41, 5.74) is 4.26. The van der Waals surface area contributed by atoms with Gasteiger partial charge in [-0.05, 0) is 63.4 Å². The second-order valence-electron chi connectivity index (χ2n) is 12.1. The number of hydrogen-bond acceptors (Lipinski definition) is 8. The van der Waals surface area contributed by atoms with Crippen molar-refractivity contribution in [1.29, 1.82) is 0 Å². The number of piperazine rings is 1. The van der Waals surface area contributed by atoms with Crippen molar-refractivity contribution in [3.8, 4) is 16.9 Å². The molecule has 4 heterocycles. The maximum absolute atomic E-state index is 12.4. The van der Waals surface area contributed by atoms with Gasteiger partial charge < -0.3 is 24.7 Å². The van der Waals surface area contributed by atoms with Crippen LogP contribution in [0.2, 0.25) is 0 Å². The summed E-state index contributed by atoms with van der Waals surface area (Å²) in [5.74, 6) is 2.44. The van der Waals surface area contributed by atoms with E-state index in [1.165, 1.54) is 0 Å². The first-order chi connectivity index (χ1) is 20.1. The summed E-state index contributed by atoms with van der Waals surface area (Å²) < 4.78 is 13.8. The van der Waals surface area contributed by atoms with Crippen molar-refractivity contribution in [1.82, 2.24) is 34.5 Å². The minimum absolute atomic E-state index is 0.246. The highest BCUT2D eigenvalue weighted by Gasteiger charge is 2.26. The molecule has 11 heteroatoms. The number of fused-ring (bicyclic) bond motifs is 1. The average Bonchev–Trinajstić information content (AvgIpc) is 3.58. The number of carbonyl (C=O) groups excluding carboxylic acids is 1. The summed E-state index contributed by atoms with van der Waals surface area (Å²) in [6.07, 6.45) is 5.46. The number of amides is 1. The lowest BCUT2D eigenvalue weighted by Crippen LogP contribution is -2.49. The van der Waals surface area contributed by atoms with Crippen LogP contribution >= 0.6 is 0 Å². The first-order valence-electron chi connectivity index (χ1n) is 14.7. The van der Waals surface area contributed by atoms with Gasteiger partial charge in [0.25, 0.3) is 0 Å². The van der Waals surface area contributed by atoms with Crippen LogP contribution < -0.4 is 10.1 Å². The molecule has 0 spiro atoms. The van der Waals surface area contributed by atoms with E-state index < -0.39 is 5.60 Å². The number of nitrogens with one attached hydrogen (secondary N) is 2. The van der Waals surface area contributed by atoms with Crippen LogP contribution in [-0.4, -0.2) is 79.0 Å². The quantitative estimate of drug-likeness (QED) is 0.263. The fourth-order valence-corrected chi connectivity index (χ4v) is 4.85. The Morgan fingerprint density at radius 2 is 1.93 bits per heavy atom. The van der Waals surface area contributed by atoms with Gasteiger partial charge in [0.05, 0.1) is 18.3 Å². The summed E-state index contributed by atoms with van der Waals surface area (Å²) in [6.45, 7) is 17.0. The Bertz CT molecular complexity index is 1510. The molecule has 4 aromatic rings. The second kappa shape index (κ2) is 12.4. The van der Waals surface area contributed by atoms with Crippen LogP contribution in [0.1, 0.15) is 47.1 Å². The number of aryl methyl sites for hydroxylation is 1. The fraction of sp³-hybridized carbons (Fsp3) is 0.484. The molecule has 1 aliphatic heterocycles. The van der Waals surface area contributed by atoms with Crippen LogP contribution in [0, 0.1) is 5.92 Å². The van der Waals surface area contributed by atoms with E-state index in [2.05, 4.69) is 46.1 Å². The molecule has 1 aliphatic rings. The Balaban J connectivity index is 1.29. The van der Waals surface area contributed by atoms with E-state index in [4.69, 9.17) is 14.5 Å². The van der Waals surface area contributed by atoms with E-state index in [-0.39, 0.29) is 6.09 Å². The number of rotatable bonds is 9. The molecule has 42 heavy (non-hydrogen) atoms. The molecule has 3 aromatic heterocycles. The molecule has 0 aliphatic carbocycles. The zero-order chi connectivity index (χ0) is 29.9. The lowest BCUT2D eigenvalue weighted by molar-refractivity contribution is 0.0139. The Hall–Kier alpha value is -4.12. The van der Waals surface area contributed by atoms with Crippen LogP contribution in [0.5, 0.6) is 5.75 Å². The third-order valence-electron chi connectivity index (χ3n) is 6.94. The van der Waals surface area contributed by atoms with Crippen molar-refractivity contribution in [2.24, 2.45) is 5.92 Å². The molecule has 5 rings (SSSR count). The highest BCUT2D eigenvalue weighted by atomic mass is 16.6. The Kier molecular flexibility index (Phi) is 8.67. The van der Waals surface area contributed by atoms with Gasteiger partial charge in [-0.2, -0.15) is 5.10 Å². The van der Waals surface area contributed by atoms with Crippen molar-refractivity contribution in [3.63, 3.8) is 0 Å². The number of aromatic amines is 1. The molecule has 2 N–H and O–H groups in total. The van der Waals surface area contributed by atoms with Gasteiger partial charge in [-0.15, -0.1) is 0 Å². The lowest BCUT2D eigenvalue weighted by atomic mass is 10.1. The number of carbonyl (C=O) groups is 1. The van der Waals surface area contributed by atoms with Crippen LogP contribution in [0.25, 0.3) is 22.2 Å². The van der Waals surface area contributed by atoms with Gasteiger partial charge in [0.15, 0.2) is 5.75 Å². The van der Waals surface area contributed by atoms with Crippen molar-refractivity contribution in [2.45, 2.75) is 60.2 Å². The predicted molar refractivity (Wildman–Crippen MR) is 164 cm³/mol. The van der Waals surface area contributed by atoms with Crippen LogP contribution in [0.15, 0.2) is 42.9 Å². The molecule has 224 valence electrons. The Morgan fingerprint density at radius 1 is 1.14 bits per heavy atom. The van der Waals surface area contributed by atoms with Crippen LogP contribution in [0.4, 0.5) is 16.6 Å². The van der Waals surface area contributed by atoms with Crippen molar-refractivity contribution < 1.29 is 14.3 Å². The summed E-state index contributed by atoms with van der Waals surface area (Å²) in [6, 6.07) is 8.10. The van der Waals surface area contributed by atoms with Crippen molar-refractivity contribution in [2.75, 3.05) is 38.1 Å². The van der Waals surface area contributed by atoms with Gasteiger partial charge in [-0.3, -0.25) is 9.58 Å². The van der Waals surface area contributed by atoms with Gasteiger partial charge in [0.2, 0.25) is 5.95 Å². The number of aromatic nitrogens is 5. The Morgan fingerprint density at radius 3 is 2.62 bits per heavy atom. The van der Waals surface area contributed by atoms with Crippen molar-refractivity contribution >= 4 is 28.9 Å². The highest BCUT2D eigenvalue weighted by Crippen LogP contribution is 2.37. The van der Waals surface area contributed by atoms with Gasteiger partial charge in [-0.1, -0.05) is 13.8 Å². The normalized spacial score (nSPS) is 14.5. The molecule has 1 amide bonds. The number of nitrogens with zero attached hydrogens (tertiary/aromatic N) is 6. The van der Waals surface area contributed by atoms with Gasteiger partial charge >= 0.3 is 6.09 Å². The fourth-order valence-electron chi connectivity index (χ4n) is 4.85. The van der Waals surface area contributed by atoms with Gasteiger partial charge in [-0.25, -0.2) is 14.8 Å². The minimum Gasteiger partial charge on any atom is -0.490 e. The number of H-pyrrole nitrogens is 1. The van der Waals surface area contributed by atoms with E-state index in [1.807, 2.05) is 62.1 Å². The molecule has 11 nitrogen and oxygen atoms in total.